The lowest BCUT2D eigenvalue weighted by molar-refractivity contribution is 0.0818. The maximum Gasteiger partial charge on any atom is 0.153 e. The predicted octanol–water partition coefficient (Wildman–Crippen LogP) is 3.39. The topological polar surface area (TPSA) is 76.3 Å². The van der Waals surface area contributed by atoms with Crippen LogP contribution in [0.3, 0.4) is 0 Å². The molecule has 3 atom stereocenters. The van der Waals surface area contributed by atoms with E-state index in [1.807, 2.05) is 37.3 Å². The van der Waals surface area contributed by atoms with Gasteiger partial charge in [0.15, 0.2) is 5.82 Å². The number of likely N-dealkylation sites (tertiary alicyclic amines) is 1. The lowest BCUT2D eigenvalue weighted by Gasteiger charge is -2.30. The number of aromatic nitrogens is 4. The van der Waals surface area contributed by atoms with Crippen molar-refractivity contribution in [2.24, 2.45) is 0 Å². The number of benzene rings is 2. The van der Waals surface area contributed by atoms with Crippen LogP contribution in [-0.2, 0) is 6.42 Å². The van der Waals surface area contributed by atoms with Gasteiger partial charge in [0.1, 0.15) is 11.9 Å². The largest absolute Gasteiger partial charge is 0.484 e. The maximum atomic E-state index is 10.0. The molecule has 1 aromatic heterocycles. The number of rotatable bonds is 4. The molecule has 1 N–H and O–H groups in total. The van der Waals surface area contributed by atoms with Gasteiger partial charge in [0, 0.05) is 28.7 Å². The zero-order valence-corrected chi connectivity index (χ0v) is 17.9. The summed E-state index contributed by atoms with van der Waals surface area (Å²) in [5.41, 5.74) is 2.94. The monoisotopic (exact) mass is 445 g/mol. The van der Waals surface area contributed by atoms with Gasteiger partial charge in [-0.3, -0.25) is 4.90 Å². The smallest absolute Gasteiger partial charge is 0.153 e. The quantitative estimate of drug-likeness (QED) is 0.662. The van der Waals surface area contributed by atoms with Gasteiger partial charge in [-0.25, -0.2) is 0 Å². The number of aliphatic hydroxyl groups is 1. The minimum Gasteiger partial charge on any atom is -0.484 e. The molecule has 2 aromatic carbocycles. The third-order valence-corrected chi connectivity index (χ3v) is 6.45. The van der Waals surface area contributed by atoms with Crippen molar-refractivity contribution in [3.63, 3.8) is 0 Å². The molecule has 3 aromatic rings. The van der Waals surface area contributed by atoms with Crippen molar-refractivity contribution in [1.82, 2.24) is 25.1 Å². The molecular formula is C21H21Cl2N5O2. The SMILES string of the molecule is Cc1nnnn1-c1ccc(O[C@@H]2c3cc(Cl)cc(Cl)c3C[C@@H]2N2CC[C@@H](O)C2)cc1. The Bertz CT molecular complexity index is 1070. The Labute approximate surface area is 184 Å². The minimum atomic E-state index is -0.299. The average molecular weight is 446 g/mol. The van der Waals surface area contributed by atoms with Gasteiger partial charge >= 0.3 is 0 Å². The van der Waals surface area contributed by atoms with E-state index in [9.17, 15) is 5.11 Å². The highest BCUT2D eigenvalue weighted by atomic mass is 35.5. The first-order valence-electron chi connectivity index (χ1n) is 9.91. The number of hydrogen-bond donors (Lipinski definition) is 1. The molecule has 7 nitrogen and oxygen atoms in total. The van der Waals surface area contributed by atoms with Gasteiger partial charge in [-0.2, -0.15) is 4.68 Å². The Morgan fingerprint density at radius 1 is 1.17 bits per heavy atom. The standard InChI is InChI=1S/C21H21Cl2N5O2/c1-12-24-25-26-28(12)14-2-4-16(5-3-14)30-21-18-8-13(22)9-19(23)17(18)10-20(21)27-7-6-15(29)11-27/h2-5,8-9,15,20-21,29H,6-7,10-11H2,1H3/t15-,20+,21-/m1/s1. The molecule has 0 unspecified atom stereocenters. The Balaban J connectivity index is 1.45. The lowest BCUT2D eigenvalue weighted by Crippen LogP contribution is -2.39. The van der Waals surface area contributed by atoms with E-state index in [4.69, 9.17) is 27.9 Å². The number of halogens is 2. The summed E-state index contributed by atoms with van der Waals surface area (Å²) >= 11 is 12.8. The fourth-order valence-electron chi connectivity index (χ4n) is 4.43. The molecule has 2 heterocycles. The maximum absolute atomic E-state index is 10.0. The van der Waals surface area contributed by atoms with Crippen molar-refractivity contribution in [2.75, 3.05) is 13.1 Å². The highest BCUT2D eigenvalue weighted by molar-refractivity contribution is 6.35. The zero-order valence-electron chi connectivity index (χ0n) is 16.4. The number of nitrogens with zero attached hydrogens (tertiary/aromatic N) is 5. The summed E-state index contributed by atoms with van der Waals surface area (Å²) in [7, 11) is 0. The minimum absolute atomic E-state index is 0.0922. The molecule has 0 bridgehead atoms. The van der Waals surface area contributed by atoms with Crippen molar-refractivity contribution < 1.29 is 9.84 Å². The summed E-state index contributed by atoms with van der Waals surface area (Å²) in [6, 6.07) is 11.5. The Kier molecular flexibility index (Phi) is 5.14. The number of aliphatic hydroxyl groups excluding tert-OH is 1. The van der Waals surface area contributed by atoms with E-state index in [-0.39, 0.29) is 18.2 Å². The van der Waals surface area contributed by atoms with E-state index in [1.165, 1.54) is 0 Å². The summed E-state index contributed by atoms with van der Waals surface area (Å²) in [6.07, 6.45) is 1.02. The van der Waals surface area contributed by atoms with Crippen LogP contribution in [0.25, 0.3) is 5.69 Å². The highest BCUT2D eigenvalue weighted by Crippen LogP contribution is 2.43. The fraction of sp³-hybridized carbons (Fsp3) is 0.381. The molecule has 1 aliphatic heterocycles. The summed E-state index contributed by atoms with van der Waals surface area (Å²) in [4.78, 5) is 2.29. The molecule has 1 aliphatic carbocycles. The second kappa shape index (κ2) is 7.81. The van der Waals surface area contributed by atoms with Gasteiger partial charge in [-0.05, 0) is 72.2 Å². The lowest BCUT2D eigenvalue weighted by atomic mass is 10.1. The van der Waals surface area contributed by atoms with E-state index in [2.05, 4.69) is 20.4 Å². The first-order valence-corrected chi connectivity index (χ1v) is 10.7. The first kappa shape index (κ1) is 19.8. The molecule has 2 aliphatic rings. The van der Waals surface area contributed by atoms with Crippen LogP contribution in [-0.4, -0.2) is 55.4 Å². The average Bonchev–Trinajstić information content (AvgIpc) is 3.42. The van der Waals surface area contributed by atoms with Crippen LogP contribution in [0.5, 0.6) is 5.75 Å². The molecule has 0 spiro atoms. The van der Waals surface area contributed by atoms with E-state index in [0.717, 1.165) is 42.0 Å². The predicted molar refractivity (Wildman–Crippen MR) is 113 cm³/mol. The molecule has 5 rings (SSSR count). The summed E-state index contributed by atoms with van der Waals surface area (Å²) in [5.74, 6) is 1.45. The van der Waals surface area contributed by atoms with Gasteiger partial charge in [0.25, 0.3) is 0 Å². The summed E-state index contributed by atoms with van der Waals surface area (Å²) < 4.78 is 8.14. The van der Waals surface area contributed by atoms with Gasteiger partial charge in [-0.15, -0.1) is 5.10 Å². The Morgan fingerprint density at radius 3 is 2.63 bits per heavy atom. The van der Waals surface area contributed by atoms with Gasteiger partial charge in [0.2, 0.25) is 0 Å². The molecule has 1 fully saturated rings. The van der Waals surface area contributed by atoms with Crippen LogP contribution < -0.4 is 4.74 Å². The molecule has 156 valence electrons. The Morgan fingerprint density at radius 2 is 1.97 bits per heavy atom. The normalized spacial score (nSPS) is 23.7. The van der Waals surface area contributed by atoms with Crippen LogP contribution in [0.4, 0.5) is 0 Å². The van der Waals surface area contributed by atoms with Crippen LogP contribution in [0.1, 0.15) is 29.5 Å². The van der Waals surface area contributed by atoms with E-state index >= 15 is 0 Å². The summed E-state index contributed by atoms with van der Waals surface area (Å²) in [6.45, 7) is 3.33. The van der Waals surface area contributed by atoms with E-state index < -0.39 is 0 Å². The molecular weight excluding hydrogens is 425 g/mol. The molecule has 1 saturated heterocycles. The second-order valence-electron chi connectivity index (χ2n) is 7.83. The second-order valence-corrected chi connectivity index (χ2v) is 8.68. The van der Waals surface area contributed by atoms with Crippen LogP contribution in [0, 0.1) is 6.92 Å². The first-order chi connectivity index (χ1) is 14.5. The zero-order chi connectivity index (χ0) is 20.8. The number of fused-ring (bicyclic) bond motifs is 1. The molecule has 0 saturated carbocycles. The number of β-amino-alcohol motifs (C(OH)–C–C–N with tert-alkyl or cyclic N) is 1. The van der Waals surface area contributed by atoms with Crippen LogP contribution in [0.2, 0.25) is 10.0 Å². The Hall–Kier alpha value is -2.19. The van der Waals surface area contributed by atoms with Gasteiger partial charge < -0.3 is 9.84 Å². The third-order valence-electron chi connectivity index (χ3n) is 5.90. The molecule has 0 radical (unpaired) electrons. The van der Waals surface area contributed by atoms with Crippen molar-refractivity contribution in [3.05, 3.63) is 63.4 Å². The van der Waals surface area contributed by atoms with Gasteiger partial charge in [-0.1, -0.05) is 23.2 Å². The molecule has 0 amide bonds. The fourth-order valence-corrected chi connectivity index (χ4v) is 5.02. The van der Waals surface area contributed by atoms with E-state index in [0.29, 0.717) is 22.4 Å². The van der Waals surface area contributed by atoms with Gasteiger partial charge in [0.05, 0.1) is 17.8 Å². The van der Waals surface area contributed by atoms with Crippen molar-refractivity contribution in [2.45, 2.75) is 38.0 Å². The van der Waals surface area contributed by atoms with Crippen molar-refractivity contribution >= 4 is 23.2 Å². The third kappa shape index (κ3) is 3.56. The highest BCUT2D eigenvalue weighted by Gasteiger charge is 2.41. The number of tetrazole rings is 1. The van der Waals surface area contributed by atoms with E-state index in [1.54, 1.807) is 10.7 Å². The van der Waals surface area contributed by atoms with Crippen molar-refractivity contribution in [3.8, 4) is 11.4 Å². The number of hydrogen-bond acceptors (Lipinski definition) is 6. The number of ether oxygens (including phenoxy) is 1. The number of aryl methyl sites for hydroxylation is 1. The summed E-state index contributed by atoms with van der Waals surface area (Å²) in [5, 5.41) is 22.9. The van der Waals surface area contributed by atoms with Crippen LogP contribution >= 0.6 is 23.2 Å². The van der Waals surface area contributed by atoms with Crippen molar-refractivity contribution in [1.29, 1.82) is 0 Å². The van der Waals surface area contributed by atoms with Crippen LogP contribution in [0.15, 0.2) is 36.4 Å². The molecule has 9 heteroatoms. The molecule has 30 heavy (non-hydrogen) atoms.